The maximum Gasteiger partial charge on any atom is 0.423 e. The minimum Gasteiger partial charge on any atom is -0.482 e. The second-order valence-electron chi connectivity index (χ2n) is 5.26. The van der Waals surface area contributed by atoms with Crippen LogP contribution in [0.1, 0.15) is 5.56 Å². The third-order valence-electron chi connectivity index (χ3n) is 3.57. The van der Waals surface area contributed by atoms with Gasteiger partial charge in [-0.1, -0.05) is 18.2 Å². The van der Waals surface area contributed by atoms with Crippen LogP contribution in [0.2, 0.25) is 0 Å². The van der Waals surface area contributed by atoms with E-state index in [0.717, 1.165) is 4.57 Å². The van der Waals surface area contributed by atoms with E-state index in [1.54, 1.807) is 24.3 Å². The fourth-order valence-electron chi connectivity index (χ4n) is 2.26. The number of pyridine rings is 1. The van der Waals surface area contributed by atoms with Crippen LogP contribution in [0.5, 0.6) is 5.75 Å². The summed E-state index contributed by atoms with van der Waals surface area (Å²) in [7, 11) is 1.44. The van der Waals surface area contributed by atoms with Gasteiger partial charge < -0.3 is 13.9 Å². The Kier molecular flexibility index (Phi) is 5.35. The highest BCUT2D eigenvalue weighted by Gasteiger charge is 2.17. The monoisotopic (exact) mass is 468 g/mol. The molecule has 134 valence electrons. The van der Waals surface area contributed by atoms with E-state index in [2.05, 4.69) is 9.40 Å². The van der Waals surface area contributed by atoms with Gasteiger partial charge in [-0.15, -0.1) is 0 Å². The molecule has 26 heavy (non-hydrogen) atoms. The van der Waals surface area contributed by atoms with Crippen LogP contribution in [-0.2, 0) is 23.2 Å². The Balaban J connectivity index is 1.79. The fraction of sp³-hybridized carbons (Fsp3) is 0.176. The first-order valence-corrected chi connectivity index (χ1v) is 8.56. The predicted molar refractivity (Wildman–Crippen MR) is 100.0 cm³/mol. The molecule has 3 rings (SSSR count). The van der Waals surface area contributed by atoms with Gasteiger partial charge in [0, 0.05) is 22.4 Å². The first kappa shape index (κ1) is 18.1. The third-order valence-corrected chi connectivity index (χ3v) is 4.50. The lowest BCUT2D eigenvalue weighted by molar-refractivity contribution is -0.147. The van der Waals surface area contributed by atoms with E-state index in [1.165, 1.54) is 13.2 Å². The fourth-order valence-corrected chi connectivity index (χ4v) is 2.83. The number of esters is 1. The summed E-state index contributed by atoms with van der Waals surface area (Å²) >= 11 is 1.97. The smallest absolute Gasteiger partial charge is 0.423 e. The Morgan fingerprint density at radius 1 is 1.27 bits per heavy atom. The van der Waals surface area contributed by atoms with Crippen LogP contribution in [0, 0.1) is 3.57 Å². The first-order valence-electron chi connectivity index (χ1n) is 7.48. The van der Waals surface area contributed by atoms with E-state index in [9.17, 15) is 14.4 Å². The Morgan fingerprint density at radius 2 is 2.00 bits per heavy atom. The van der Waals surface area contributed by atoms with Crippen LogP contribution in [-0.4, -0.2) is 22.1 Å². The largest absolute Gasteiger partial charge is 0.482 e. The van der Waals surface area contributed by atoms with Crippen molar-refractivity contribution in [2.75, 3.05) is 6.61 Å². The third kappa shape index (κ3) is 3.77. The summed E-state index contributed by atoms with van der Waals surface area (Å²) in [6.07, 6.45) is 1.49. The van der Waals surface area contributed by atoms with E-state index in [4.69, 9.17) is 9.47 Å². The summed E-state index contributed by atoms with van der Waals surface area (Å²) in [5.74, 6) is -0.858. The van der Waals surface area contributed by atoms with Crippen molar-refractivity contribution in [2.45, 2.75) is 6.61 Å². The van der Waals surface area contributed by atoms with E-state index < -0.39 is 17.4 Å². The highest BCUT2D eigenvalue weighted by molar-refractivity contribution is 14.1. The van der Waals surface area contributed by atoms with Crippen LogP contribution in [0.4, 0.5) is 0 Å². The molecular formula is C17H13IN2O6. The molecule has 0 N–H and O–H groups in total. The van der Waals surface area contributed by atoms with Gasteiger partial charge in [0.1, 0.15) is 17.7 Å². The molecule has 0 saturated carbocycles. The zero-order chi connectivity index (χ0) is 18.7. The zero-order valence-electron chi connectivity index (χ0n) is 13.6. The molecule has 0 fully saturated rings. The molecule has 1 aromatic carbocycles. The lowest BCUT2D eigenvalue weighted by atomic mass is 10.2. The summed E-state index contributed by atoms with van der Waals surface area (Å²) < 4.78 is 16.9. The van der Waals surface area contributed by atoms with Gasteiger partial charge in [-0.25, -0.2) is 19.4 Å². The molecule has 0 bridgehead atoms. The van der Waals surface area contributed by atoms with Gasteiger partial charge in [0.05, 0.1) is 0 Å². The molecular weight excluding hydrogens is 455 g/mol. The van der Waals surface area contributed by atoms with Crippen LogP contribution in [0.15, 0.2) is 50.5 Å². The number of hydrogen-bond acceptors (Lipinski definition) is 7. The quantitative estimate of drug-likeness (QED) is 0.415. The number of fused-ring (bicyclic) bond motifs is 1. The van der Waals surface area contributed by atoms with Crippen molar-refractivity contribution in [1.82, 2.24) is 9.55 Å². The Labute approximate surface area is 160 Å². The number of aromatic nitrogens is 2. The summed E-state index contributed by atoms with van der Waals surface area (Å²) in [5, 5.41) is 0.107. The summed E-state index contributed by atoms with van der Waals surface area (Å²) in [4.78, 5) is 39.7. The molecule has 0 aliphatic carbocycles. The first-order chi connectivity index (χ1) is 12.5. The lowest BCUT2D eigenvalue weighted by Crippen LogP contribution is -2.25. The van der Waals surface area contributed by atoms with Crippen molar-refractivity contribution in [2.24, 2.45) is 7.05 Å². The predicted octanol–water partition coefficient (Wildman–Crippen LogP) is 1.61. The molecule has 0 unspecified atom stereocenters. The number of para-hydroxylation sites is 1. The molecule has 0 aliphatic heterocycles. The summed E-state index contributed by atoms with van der Waals surface area (Å²) in [6.45, 7) is -0.437. The number of ether oxygens (including phenoxy) is 2. The van der Waals surface area contributed by atoms with Crippen molar-refractivity contribution in [3.8, 4) is 5.75 Å². The van der Waals surface area contributed by atoms with Crippen LogP contribution < -0.4 is 16.1 Å². The molecule has 0 radical (unpaired) electrons. The molecule has 2 heterocycles. The van der Waals surface area contributed by atoms with Gasteiger partial charge in [0.25, 0.3) is 0 Å². The number of hydrogen-bond donors (Lipinski definition) is 0. The minimum absolute atomic E-state index is 0.107. The van der Waals surface area contributed by atoms with Crippen molar-refractivity contribution >= 4 is 39.6 Å². The molecule has 8 nitrogen and oxygen atoms in total. The maximum absolute atomic E-state index is 12.1. The number of carbonyl (C=O) groups excluding carboxylic acids is 1. The topological polar surface area (TPSA) is 101 Å². The number of aryl methyl sites for hydroxylation is 1. The van der Waals surface area contributed by atoms with E-state index in [-0.39, 0.29) is 24.2 Å². The van der Waals surface area contributed by atoms with E-state index >= 15 is 0 Å². The molecule has 0 aliphatic rings. The maximum atomic E-state index is 12.1. The number of halogens is 1. The molecule has 0 spiro atoms. The van der Waals surface area contributed by atoms with E-state index in [0.29, 0.717) is 14.9 Å². The van der Waals surface area contributed by atoms with Crippen LogP contribution in [0.25, 0.3) is 11.0 Å². The molecule has 9 heteroatoms. The summed E-state index contributed by atoms with van der Waals surface area (Å²) in [6, 6.07) is 8.85. The average Bonchev–Trinajstić information content (AvgIpc) is 2.64. The van der Waals surface area contributed by atoms with Gasteiger partial charge in [-0.05, 0) is 34.7 Å². The van der Waals surface area contributed by atoms with Crippen LogP contribution >= 0.6 is 22.6 Å². The SMILES string of the molecule is Cn1c(=O)oc(=O)c2c(COC(=O)COc3ccccc3)c(I)cnc21. The minimum atomic E-state index is -0.819. The second kappa shape index (κ2) is 7.68. The highest BCUT2D eigenvalue weighted by Crippen LogP contribution is 2.19. The number of rotatable bonds is 5. The van der Waals surface area contributed by atoms with Crippen molar-refractivity contribution < 1.29 is 18.7 Å². The van der Waals surface area contributed by atoms with Crippen molar-refractivity contribution in [1.29, 1.82) is 0 Å². The average molecular weight is 468 g/mol. The van der Waals surface area contributed by atoms with E-state index in [1.807, 2.05) is 28.7 Å². The normalized spacial score (nSPS) is 10.7. The number of nitrogens with zero attached hydrogens (tertiary/aromatic N) is 2. The molecule has 2 aromatic heterocycles. The summed E-state index contributed by atoms with van der Waals surface area (Å²) in [5.41, 5.74) is -0.230. The molecule has 0 atom stereocenters. The Hall–Kier alpha value is -2.69. The Bertz CT molecular complexity index is 1070. The van der Waals surface area contributed by atoms with Gasteiger partial charge >= 0.3 is 17.4 Å². The standard InChI is InChI=1S/C17H13IN2O6/c1-20-15-14(16(22)26-17(20)23)11(12(18)7-19-15)8-25-13(21)9-24-10-5-3-2-4-6-10/h2-7H,8-9H2,1H3. The van der Waals surface area contributed by atoms with Gasteiger partial charge in [-0.3, -0.25) is 4.57 Å². The van der Waals surface area contributed by atoms with Crippen molar-refractivity contribution in [3.63, 3.8) is 0 Å². The Morgan fingerprint density at radius 3 is 2.73 bits per heavy atom. The molecule has 3 aromatic rings. The highest BCUT2D eigenvalue weighted by atomic mass is 127. The lowest BCUT2D eigenvalue weighted by Gasteiger charge is -2.10. The zero-order valence-corrected chi connectivity index (χ0v) is 15.8. The van der Waals surface area contributed by atoms with Gasteiger partial charge in [0.2, 0.25) is 0 Å². The van der Waals surface area contributed by atoms with Gasteiger partial charge in [0.15, 0.2) is 12.3 Å². The number of benzene rings is 1. The second-order valence-corrected chi connectivity index (χ2v) is 6.42. The molecule has 0 amide bonds. The molecule has 0 saturated heterocycles. The van der Waals surface area contributed by atoms with Crippen molar-refractivity contribution in [3.05, 3.63) is 66.6 Å². The van der Waals surface area contributed by atoms with Crippen LogP contribution in [0.3, 0.4) is 0 Å². The number of carbonyl (C=O) groups is 1. The van der Waals surface area contributed by atoms with Gasteiger partial charge in [-0.2, -0.15) is 0 Å².